The minimum Gasteiger partial charge on any atom is -0.465 e. The lowest BCUT2D eigenvalue weighted by molar-refractivity contribution is -0.333. The number of rotatable bonds is 6. The van der Waals surface area contributed by atoms with E-state index in [1.165, 1.54) is 42.6 Å². The number of nitrogens with zero attached hydrogens (tertiary/aromatic N) is 2. The van der Waals surface area contributed by atoms with Crippen molar-refractivity contribution in [2.24, 2.45) is 17.6 Å². The van der Waals surface area contributed by atoms with Crippen molar-refractivity contribution in [3.05, 3.63) is 36.1 Å². The number of hydrogen-bond donors (Lipinski definition) is 2. The van der Waals surface area contributed by atoms with Gasteiger partial charge in [0.2, 0.25) is 11.8 Å². The second-order valence-electron chi connectivity index (χ2n) is 11.2. The molecule has 2 aromatic rings. The number of esters is 1. The highest BCUT2D eigenvalue weighted by Crippen LogP contribution is 2.31. The van der Waals surface area contributed by atoms with Gasteiger partial charge in [-0.1, -0.05) is 23.7 Å². The second-order valence-corrected chi connectivity index (χ2v) is 14.2. The normalized spacial score (nSPS) is 16.6. The zero-order valence-corrected chi connectivity index (χ0v) is 30.6. The molecule has 49 heavy (non-hydrogen) atoms. The Morgan fingerprint density at radius 2 is 1.43 bits per heavy atom. The molecule has 3 N–H and O–H groups in total. The van der Waals surface area contributed by atoms with Gasteiger partial charge in [-0.15, -0.1) is 22.7 Å². The van der Waals surface area contributed by atoms with Crippen LogP contribution in [0.5, 0.6) is 0 Å². The molecule has 15 heteroatoms. The van der Waals surface area contributed by atoms with E-state index in [4.69, 9.17) is 19.9 Å². The smallest absolute Gasteiger partial charge is 0.465 e. The van der Waals surface area contributed by atoms with Crippen molar-refractivity contribution in [2.45, 2.75) is 25.7 Å². The lowest BCUT2D eigenvalue weighted by Crippen LogP contribution is -2.43. The molecule has 4 heterocycles. The number of halogens is 1. The van der Waals surface area contributed by atoms with E-state index in [0.29, 0.717) is 79.9 Å². The Bertz CT molecular complexity index is 1620. The average molecular weight is 777 g/mol. The van der Waals surface area contributed by atoms with E-state index >= 15 is 0 Å². The van der Waals surface area contributed by atoms with Crippen LogP contribution in [-0.2, 0) is 28.2 Å². The van der Waals surface area contributed by atoms with Crippen LogP contribution in [0, 0.1) is 35.5 Å². The van der Waals surface area contributed by atoms with Crippen molar-refractivity contribution in [1.82, 2.24) is 9.80 Å². The quantitative estimate of drug-likeness (QED) is 0.256. The van der Waals surface area contributed by atoms with Gasteiger partial charge in [-0.05, 0) is 53.7 Å². The lowest BCUT2D eigenvalue weighted by Gasteiger charge is -2.27. The molecule has 0 radical (unpaired) electrons. The predicted octanol–water partition coefficient (Wildman–Crippen LogP) is 3.15. The molecular weight excluding hydrogens is 736 g/mol. The second kappa shape index (κ2) is 19.6. The molecule has 0 unspecified atom stereocenters. The molecule has 0 bridgehead atoms. The first-order chi connectivity index (χ1) is 23.7. The number of ether oxygens (including phenoxy) is 3. The van der Waals surface area contributed by atoms with Crippen LogP contribution in [0.2, 0.25) is 0 Å². The van der Waals surface area contributed by atoms with Gasteiger partial charge in [-0.25, -0.2) is 4.79 Å². The van der Waals surface area contributed by atoms with Gasteiger partial charge in [0.05, 0.1) is 71.3 Å². The van der Waals surface area contributed by atoms with Crippen LogP contribution in [0.3, 0.4) is 0 Å². The van der Waals surface area contributed by atoms with Gasteiger partial charge >= 0.3 is 11.9 Å². The first-order valence-electron chi connectivity index (χ1n) is 15.9. The van der Waals surface area contributed by atoms with Crippen molar-refractivity contribution in [1.29, 1.82) is 0 Å². The molecule has 0 spiro atoms. The summed E-state index contributed by atoms with van der Waals surface area (Å²) in [5.41, 5.74) is 5.78. The van der Waals surface area contributed by atoms with Gasteiger partial charge in [0.25, 0.3) is 0 Å². The van der Waals surface area contributed by atoms with Crippen LogP contribution >= 0.6 is 38.6 Å². The van der Waals surface area contributed by atoms with Gasteiger partial charge in [-0.3, -0.25) is 14.0 Å². The number of amides is 2. The van der Waals surface area contributed by atoms with Crippen LogP contribution in [0.1, 0.15) is 54.8 Å². The SMILES string of the molecule is C=[O+]C(=O)c1sc(C#CC2CC2)cc1Br.COC(=O)c1sc(C#CC2CC2)cc1NCC(=O)N1CCOCC1.NCC(=O)N1CCOCC1. The molecule has 2 aliphatic heterocycles. The van der Waals surface area contributed by atoms with Crippen molar-refractivity contribution < 1.29 is 37.8 Å². The highest BCUT2D eigenvalue weighted by atomic mass is 79.9. The maximum absolute atomic E-state index is 12.2. The molecule has 2 saturated carbocycles. The van der Waals surface area contributed by atoms with Gasteiger partial charge in [0, 0.05) is 38.0 Å². The summed E-state index contributed by atoms with van der Waals surface area (Å²) in [6.45, 7) is 8.36. The average Bonchev–Trinajstić information content (AvgIpc) is 4.08. The van der Waals surface area contributed by atoms with Gasteiger partial charge in [-0.2, -0.15) is 0 Å². The number of methoxy groups -OCH3 is 1. The lowest BCUT2D eigenvalue weighted by atomic mass is 10.3. The number of carbonyl (C=O) groups excluding carboxylic acids is 5. The third kappa shape index (κ3) is 12.7. The third-order valence-corrected chi connectivity index (χ3v) is 10.3. The summed E-state index contributed by atoms with van der Waals surface area (Å²) in [7, 11) is 1.35. The van der Waals surface area contributed by atoms with E-state index in [0.717, 1.165) is 27.1 Å². The molecule has 4 fully saturated rings. The fraction of sp³-hybridized carbons (Fsp3) is 0.500. The van der Waals surface area contributed by atoms with E-state index in [1.54, 1.807) is 9.80 Å². The van der Waals surface area contributed by atoms with Crippen LogP contribution < -0.4 is 11.1 Å². The molecule has 2 saturated heterocycles. The van der Waals surface area contributed by atoms with Gasteiger partial charge in [0.1, 0.15) is 4.88 Å². The van der Waals surface area contributed by atoms with E-state index in [9.17, 15) is 19.2 Å². The Hall–Kier alpha value is -3.57. The fourth-order valence-electron chi connectivity index (χ4n) is 4.30. The Kier molecular flexibility index (Phi) is 15.3. The minimum atomic E-state index is -0.425. The maximum Gasteiger partial charge on any atom is 0.623 e. The van der Waals surface area contributed by atoms with Crippen LogP contribution in [-0.4, -0.2) is 113 Å². The van der Waals surface area contributed by atoms with Crippen molar-refractivity contribution in [2.75, 3.05) is 78.1 Å². The van der Waals surface area contributed by atoms with E-state index < -0.39 is 11.9 Å². The van der Waals surface area contributed by atoms with Crippen molar-refractivity contribution in [3.63, 3.8) is 0 Å². The molecule has 12 nitrogen and oxygen atoms in total. The number of anilines is 1. The Balaban J connectivity index is 0.000000184. The highest BCUT2D eigenvalue weighted by Gasteiger charge is 2.25. The summed E-state index contributed by atoms with van der Waals surface area (Å²) in [5.74, 6) is 12.7. The molecule has 262 valence electrons. The molecule has 0 atom stereocenters. The van der Waals surface area contributed by atoms with Crippen LogP contribution in [0.4, 0.5) is 5.69 Å². The van der Waals surface area contributed by atoms with Crippen LogP contribution in [0.25, 0.3) is 0 Å². The molecular formula is C34H40BrN4O8S2+. The molecule has 0 aromatic carbocycles. The number of carbonyl (C=O) groups is 4. The molecule has 4 aliphatic rings. The fourth-order valence-corrected chi connectivity index (χ4v) is 6.81. The van der Waals surface area contributed by atoms with Gasteiger partial charge < -0.3 is 35.1 Å². The number of morpholine rings is 2. The zero-order valence-electron chi connectivity index (χ0n) is 27.3. The first-order valence-corrected chi connectivity index (χ1v) is 18.3. The summed E-state index contributed by atoms with van der Waals surface area (Å²) in [6, 6.07) is 3.66. The van der Waals surface area contributed by atoms with E-state index in [2.05, 4.69) is 56.1 Å². The maximum atomic E-state index is 12.2. The Morgan fingerprint density at radius 1 is 0.918 bits per heavy atom. The number of thiophene rings is 2. The summed E-state index contributed by atoms with van der Waals surface area (Å²) < 4.78 is 20.3. The van der Waals surface area contributed by atoms with Crippen molar-refractivity contribution in [3.8, 4) is 23.7 Å². The predicted molar refractivity (Wildman–Crippen MR) is 191 cm³/mol. The van der Waals surface area contributed by atoms with Crippen LogP contribution in [0.15, 0.2) is 16.6 Å². The van der Waals surface area contributed by atoms with Crippen molar-refractivity contribution >= 4 is 74.8 Å². The molecule has 6 rings (SSSR count). The summed E-state index contributed by atoms with van der Waals surface area (Å²) in [4.78, 5) is 52.5. The van der Waals surface area contributed by atoms with Gasteiger partial charge in [0.15, 0.2) is 11.7 Å². The molecule has 2 aromatic heterocycles. The van der Waals surface area contributed by atoms with E-state index in [-0.39, 0.29) is 24.9 Å². The monoisotopic (exact) mass is 775 g/mol. The largest absolute Gasteiger partial charge is 0.623 e. The third-order valence-electron chi connectivity index (χ3n) is 7.39. The summed E-state index contributed by atoms with van der Waals surface area (Å²) in [5, 5.41) is 3.06. The summed E-state index contributed by atoms with van der Waals surface area (Å²) in [6.07, 6.45) is 4.71. The topological polar surface area (TPSA) is 152 Å². The Morgan fingerprint density at radius 3 is 1.92 bits per heavy atom. The summed E-state index contributed by atoms with van der Waals surface area (Å²) >= 11 is 5.92. The zero-order chi connectivity index (χ0) is 35.2. The highest BCUT2D eigenvalue weighted by molar-refractivity contribution is 9.10. The number of nitrogens with two attached hydrogens (primary N) is 1. The molecule has 2 amide bonds. The molecule has 2 aliphatic carbocycles. The Labute approximate surface area is 302 Å². The number of hydrogen-bond acceptors (Lipinski definition) is 11. The number of nitrogens with one attached hydrogen (secondary N) is 1. The first kappa shape index (κ1) is 38.2. The minimum absolute atomic E-state index is 0.00840. The van der Waals surface area contributed by atoms with E-state index in [1.807, 2.05) is 12.1 Å². The standard InChI is InChI=1S/C17H20N2O4S.C11H8BrO2S.C6H12N2O2/c1-22-17(21)16-14(10-13(24-16)5-4-12-2-3-12)18-11-15(20)19-6-8-23-9-7-19;1-14-11(13)10-9(12)6-8(15-10)5-4-7-2-3-7;7-5-6(9)8-1-3-10-4-2-8/h10,12,18H,2-3,6-9,11H2,1H3;6-7H,1-3H2;1-5,7H2/q;+1;.